The maximum atomic E-state index is 13.7. The molecule has 0 spiro atoms. The molecular formula is C15H14ClFN2O2. The minimum Gasteiger partial charge on any atom is -0.494 e. The van der Waals surface area contributed by atoms with E-state index in [4.69, 9.17) is 16.3 Å². The molecule has 1 aromatic carbocycles. The normalized spacial score (nSPS) is 14.2. The number of ether oxygens (including phenoxy) is 1. The molecule has 3 rings (SSSR count). The molecular weight excluding hydrogens is 295 g/mol. The van der Waals surface area contributed by atoms with Gasteiger partial charge in [-0.05, 0) is 30.5 Å². The fourth-order valence-electron chi connectivity index (χ4n) is 2.30. The van der Waals surface area contributed by atoms with E-state index in [0.29, 0.717) is 11.4 Å². The summed E-state index contributed by atoms with van der Waals surface area (Å²) in [5, 5.41) is 0.207. The number of halogens is 2. The summed E-state index contributed by atoms with van der Waals surface area (Å²) >= 11 is 5.86. The summed E-state index contributed by atoms with van der Waals surface area (Å²) in [6.45, 7) is 0.274. The Labute approximate surface area is 126 Å². The standard InChI is InChI=1S/C15H14ClFN2O2/c1-21-12-5-2-9(6-11(12)17)8-19-14(20)7-13(16)18-15(19)10-3-4-10/h2,5-7,10H,3-4,8H2,1H3. The van der Waals surface area contributed by atoms with Crippen molar-refractivity contribution in [2.75, 3.05) is 7.11 Å². The van der Waals surface area contributed by atoms with Crippen molar-refractivity contribution in [2.24, 2.45) is 0 Å². The molecule has 0 aliphatic heterocycles. The fraction of sp³-hybridized carbons (Fsp3) is 0.333. The maximum absolute atomic E-state index is 13.7. The zero-order valence-corrected chi connectivity index (χ0v) is 12.2. The Balaban J connectivity index is 1.98. The van der Waals surface area contributed by atoms with Crippen molar-refractivity contribution in [3.05, 3.63) is 57.0 Å². The highest BCUT2D eigenvalue weighted by molar-refractivity contribution is 6.29. The van der Waals surface area contributed by atoms with Gasteiger partial charge in [0.05, 0.1) is 13.7 Å². The van der Waals surface area contributed by atoms with Crippen LogP contribution in [0.2, 0.25) is 5.15 Å². The van der Waals surface area contributed by atoms with Crippen LogP contribution in [-0.4, -0.2) is 16.7 Å². The van der Waals surface area contributed by atoms with Crippen LogP contribution in [0, 0.1) is 5.82 Å². The number of hydrogen-bond acceptors (Lipinski definition) is 3. The first kappa shape index (κ1) is 14.1. The van der Waals surface area contributed by atoms with Gasteiger partial charge in [0.2, 0.25) is 0 Å². The third-order valence-corrected chi connectivity index (χ3v) is 3.70. The molecule has 1 aromatic heterocycles. The molecule has 4 nitrogen and oxygen atoms in total. The van der Waals surface area contributed by atoms with Crippen LogP contribution >= 0.6 is 11.6 Å². The molecule has 0 amide bonds. The molecule has 0 atom stereocenters. The first-order valence-corrected chi connectivity index (χ1v) is 7.06. The smallest absolute Gasteiger partial charge is 0.255 e. The SMILES string of the molecule is COc1ccc(Cn2c(C3CC3)nc(Cl)cc2=O)cc1F. The molecule has 0 radical (unpaired) electrons. The Morgan fingerprint density at radius 2 is 2.19 bits per heavy atom. The number of rotatable bonds is 4. The lowest BCUT2D eigenvalue weighted by atomic mass is 10.2. The fourth-order valence-corrected chi connectivity index (χ4v) is 2.48. The highest BCUT2D eigenvalue weighted by Crippen LogP contribution is 2.39. The molecule has 0 unspecified atom stereocenters. The average molecular weight is 309 g/mol. The van der Waals surface area contributed by atoms with Crippen molar-refractivity contribution in [1.29, 1.82) is 0 Å². The quantitative estimate of drug-likeness (QED) is 0.816. The Hall–Kier alpha value is -1.88. The summed E-state index contributed by atoms with van der Waals surface area (Å²) in [6, 6.07) is 5.94. The van der Waals surface area contributed by atoms with Crippen molar-refractivity contribution in [2.45, 2.75) is 25.3 Å². The van der Waals surface area contributed by atoms with E-state index in [9.17, 15) is 9.18 Å². The Bertz CT molecular complexity index is 741. The number of methoxy groups -OCH3 is 1. The van der Waals surface area contributed by atoms with Crippen LogP contribution in [0.25, 0.3) is 0 Å². The molecule has 0 saturated heterocycles. The van der Waals surface area contributed by atoms with Crippen LogP contribution in [0.4, 0.5) is 4.39 Å². The lowest BCUT2D eigenvalue weighted by Crippen LogP contribution is -2.24. The second-order valence-corrected chi connectivity index (χ2v) is 5.49. The van der Waals surface area contributed by atoms with Gasteiger partial charge in [0, 0.05) is 12.0 Å². The van der Waals surface area contributed by atoms with Gasteiger partial charge in [0.25, 0.3) is 5.56 Å². The zero-order chi connectivity index (χ0) is 15.0. The largest absolute Gasteiger partial charge is 0.494 e. The molecule has 1 fully saturated rings. The van der Waals surface area contributed by atoms with E-state index < -0.39 is 5.82 Å². The van der Waals surface area contributed by atoms with Gasteiger partial charge in [-0.3, -0.25) is 9.36 Å². The molecule has 1 saturated carbocycles. The van der Waals surface area contributed by atoms with Crippen LogP contribution in [0.15, 0.2) is 29.1 Å². The molecule has 1 aliphatic carbocycles. The van der Waals surface area contributed by atoms with Crippen molar-refractivity contribution >= 4 is 11.6 Å². The summed E-state index contributed by atoms with van der Waals surface area (Å²) < 4.78 is 20.2. The van der Waals surface area contributed by atoms with Crippen LogP contribution < -0.4 is 10.3 Å². The molecule has 1 heterocycles. The highest BCUT2D eigenvalue weighted by Gasteiger charge is 2.29. The van der Waals surface area contributed by atoms with Crippen LogP contribution in [-0.2, 0) is 6.54 Å². The van der Waals surface area contributed by atoms with Gasteiger partial charge < -0.3 is 4.74 Å². The van der Waals surface area contributed by atoms with Gasteiger partial charge in [-0.25, -0.2) is 9.37 Å². The van der Waals surface area contributed by atoms with Gasteiger partial charge in [-0.2, -0.15) is 0 Å². The Morgan fingerprint density at radius 1 is 1.43 bits per heavy atom. The second-order valence-electron chi connectivity index (χ2n) is 5.10. The number of hydrogen-bond donors (Lipinski definition) is 0. The van der Waals surface area contributed by atoms with E-state index in [1.54, 1.807) is 16.7 Å². The minimum atomic E-state index is -0.446. The molecule has 110 valence electrons. The van der Waals surface area contributed by atoms with E-state index in [1.807, 2.05) is 0 Å². The predicted molar refractivity (Wildman–Crippen MR) is 77.5 cm³/mol. The van der Waals surface area contributed by atoms with Crippen molar-refractivity contribution in [3.8, 4) is 5.75 Å². The molecule has 21 heavy (non-hydrogen) atoms. The summed E-state index contributed by atoms with van der Waals surface area (Å²) in [6.07, 6.45) is 2.01. The van der Waals surface area contributed by atoms with Gasteiger partial charge in [0.1, 0.15) is 11.0 Å². The van der Waals surface area contributed by atoms with Crippen molar-refractivity contribution in [1.82, 2.24) is 9.55 Å². The predicted octanol–water partition coefficient (Wildman–Crippen LogP) is 2.97. The maximum Gasteiger partial charge on any atom is 0.255 e. The zero-order valence-electron chi connectivity index (χ0n) is 11.5. The van der Waals surface area contributed by atoms with Gasteiger partial charge in [0.15, 0.2) is 11.6 Å². The van der Waals surface area contributed by atoms with Crippen molar-refractivity contribution in [3.63, 3.8) is 0 Å². The van der Waals surface area contributed by atoms with E-state index >= 15 is 0 Å². The number of benzene rings is 1. The molecule has 1 aliphatic rings. The van der Waals surface area contributed by atoms with Crippen molar-refractivity contribution < 1.29 is 9.13 Å². The van der Waals surface area contributed by atoms with Crippen LogP contribution in [0.5, 0.6) is 5.75 Å². The van der Waals surface area contributed by atoms with Crippen LogP contribution in [0.1, 0.15) is 30.1 Å². The summed E-state index contributed by atoms with van der Waals surface area (Å²) in [5.74, 6) is 0.698. The second kappa shape index (κ2) is 5.48. The number of nitrogens with zero attached hydrogens (tertiary/aromatic N) is 2. The monoisotopic (exact) mass is 308 g/mol. The average Bonchev–Trinajstić information content (AvgIpc) is 3.26. The van der Waals surface area contributed by atoms with E-state index in [1.165, 1.54) is 19.2 Å². The van der Waals surface area contributed by atoms with E-state index in [-0.39, 0.29) is 28.9 Å². The summed E-state index contributed by atoms with van der Waals surface area (Å²) in [7, 11) is 1.41. The molecule has 2 aromatic rings. The summed E-state index contributed by atoms with van der Waals surface area (Å²) in [5.41, 5.74) is 0.467. The van der Waals surface area contributed by atoms with E-state index in [2.05, 4.69) is 4.98 Å². The van der Waals surface area contributed by atoms with Gasteiger partial charge >= 0.3 is 0 Å². The third-order valence-electron chi connectivity index (χ3n) is 3.51. The highest BCUT2D eigenvalue weighted by atomic mass is 35.5. The Morgan fingerprint density at radius 3 is 2.81 bits per heavy atom. The van der Waals surface area contributed by atoms with Crippen LogP contribution in [0.3, 0.4) is 0 Å². The first-order valence-electron chi connectivity index (χ1n) is 6.68. The Kier molecular flexibility index (Phi) is 3.68. The molecule has 0 bridgehead atoms. The van der Waals surface area contributed by atoms with E-state index in [0.717, 1.165) is 12.8 Å². The van der Waals surface area contributed by atoms with Gasteiger partial charge in [-0.1, -0.05) is 17.7 Å². The summed E-state index contributed by atoms with van der Waals surface area (Å²) in [4.78, 5) is 16.4. The first-order chi connectivity index (χ1) is 10.1. The third kappa shape index (κ3) is 2.93. The van der Waals surface area contributed by atoms with Gasteiger partial charge in [-0.15, -0.1) is 0 Å². The minimum absolute atomic E-state index is 0.183. The molecule has 0 N–H and O–H groups in total. The topological polar surface area (TPSA) is 44.1 Å². The lowest BCUT2D eigenvalue weighted by molar-refractivity contribution is 0.386. The number of aromatic nitrogens is 2. The molecule has 6 heteroatoms. The lowest BCUT2D eigenvalue weighted by Gasteiger charge is -2.12.